The fourth-order valence-corrected chi connectivity index (χ4v) is 5.32. The zero-order valence-electron chi connectivity index (χ0n) is 21.4. The number of nitrogens with one attached hydrogen (secondary N) is 4. The molecule has 1 aromatic heterocycles. The summed E-state index contributed by atoms with van der Waals surface area (Å²) in [6.45, 7) is 1.40. The van der Waals surface area contributed by atoms with Gasteiger partial charge in [0.15, 0.2) is 0 Å². The van der Waals surface area contributed by atoms with Crippen LogP contribution in [0.3, 0.4) is 0 Å². The van der Waals surface area contributed by atoms with Crippen LogP contribution in [-0.2, 0) is 24.4 Å². The molecule has 0 radical (unpaired) electrons. The number of rotatable bonds is 9. The Balaban J connectivity index is 1.49. The molecular formula is C27H29BrN6O5S. The number of pyridine rings is 1. The number of aromatic nitrogens is 1. The molecule has 1 saturated heterocycles. The van der Waals surface area contributed by atoms with E-state index >= 15 is 0 Å². The number of piperidine rings is 1. The normalized spacial score (nSPS) is 14.7. The van der Waals surface area contributed by atoms with Gasteiger partial charge in [0.2, 0.25) is 27.7 Å². The molecule has 6 N–H and O–H groups in total. The van der Waals surface area contributed by atoms with Crippen LogP contribution in [0.15, 0.2) is 76.2 Å². The monoisotopic (exact) mass is 628 g/mol. The van der Waals surface area contributed by atoms with Gasteiger partial charge in [-0.1, -0.05) is 30.3 Å². The molecule has 210 valence electrons. The topological polar surface area (TPSA) is 172 Å². The summed E-state index contributed by atoms with van der Waals surface area (Å²) in [6, 6.07) is 15.0. The highest BCUT2D eigenvalue weighted by atomic mass is 79.9. The van der Waals surface area contributed by atoms with Gasteiger partial charge in [-0.05, 0) is 77.8 Å². The van der Waals surface area contributed by atoms with Crippen molar-refractivity contribution in [1.29, 1.82) is 0 Å². The first kappa shape index (κ1) is 29.3. The largest absolute Gasteiger partial charge is 0.344 e. The van der Waals surface area contributed by atoms with E-state index in [1.165, 1.54) is 12.3 Å². The third kappa shape index (κ3) is 7.94. The number of hydrogen-bond donors (Lipinski definition) is 5. The van der Waals surface area contributed by atoms with E-state index in [1.807, 2.05) is 0 Å². The minimum absolute atomic E-state index is 0.0150. The van der Waals surface area contributed by atoms with Crippen LogP contribution in [0.1, 0.15) is 19.3 Å². The summed E-state index contributed by atoms with van der Waals surface area (Å²) >= 11 is 3.28. The van der Waals surface area contributed by atoms with Gasteiger partial charge in [0.1, 0.15) is 11.9 Å². The van der Waals surface area contributed by atoms with Crippen molar-refractivity contribution in [3.8, 4) is 11.1 Å². The molecule has 1 aliphatic heterocycles. The molecule has 3 amide bonds. The highest BCUT2D eigenvalue weighted by Gasteiger charge is 2.28. The Morgan fingerprint density at radius 2 is 1.70 bits per heavy atom. The highest BCUT2D eigenvalue weighted by molar-refractivity contribution is 9.10. The van der Waals surface area contributed by atoms with Gasteiger partial charge in [-0.15, -0.1) is 0 Å². The lowest BCUT2D eigenvalue weighted by atomic mass is 9.96. The molecule has 1 fully saturated rings. The Morgan fingerprint density at radius 1 is 1.00 bits per heavy atom. The molecule has 0 spiro atoms. The number of amides is 3. The van der Waals surface area contributed by atoms with E-state index in [-0.39, 0.29) is 23.1 Å². The molecular weight excluding hydrogens is 600 g/mol. The van der Waals surface area contributed by atoms with Crippen LogP contribution >= 0.6 is 15.9 Å². The zero-order chi connectivity index (χ0) is 28.7. The van der Waals surface area contributed by atoms with E-state index in [0.717, 1.165) is 4.47 Å². The average Bonchev–Trinajstić information content (AvgIpc) is 2.94. The Bertz CT molecular complexity index is 1480. The van der Waals surface area contributed by atoms with Gasteiger partial charge < -0.3 is 21.3 Å². The molecule has 4 rings (SSSR count). The maximum atomic E-state index is 13.3. The third-order valence-corrected chi connectivity index (χ3v) is 7.82. The molecule has 1 unspecified atom stereocenters. The number of nitrogens with two attached hydrogens (primary N) is 1. The first-order valence-electron chi connectivity index (χ1n) is 12.6. The second-order valence-electron chi connectivity index (χ2n) is 9.31. The van der Waals surface area contributed by atoms with E-state index in [0.29, 0.717) is 48.6 Å². The van der Waals surface area contributed by atoms with Crippen LogP contribution in [0.5, 0.6) is 0 Å². The summed E-state index contributed by atoms with van der Waals surface area (Å²) in [5, 5.41) is 16.7. The third-order valence-electron chi connectivity index (χ3n) is 6.38. The Hall–Kier alpha value is -3.65. The van der Waals surface area contributed by atoms with Crippen molar-refractivity contribution < 1.29 is 22.8 Å². The van der Waals surface area contributed by atoms with Gasteiger partial charge in [0, 0.05) is 27.8 Å². The van der Waals surface area contributed by atoms with E-state index < -0.39 is 27.9 Å². The van der Waals surface area contributed by atoms with E-state index in [4.69, 9.17) is 5.14 Å². The van der Waals surface area contributed by atoms with Gasteiger partial charge in [-0.3, -0.25) is 14.4 Å². The molecule has 0 bridgehead atoms. The number of halogens is 1. The van der Waals surface area contributed by atoms with Crippen molar-refractivity contribution in [3.63, 3.8) is 0 Å². The first-order valence-corrected chi connectivity index (χ1v) is 14.9. The quantitative estimate of drug-likeness (QED) is 0.242. The lowest BCUT2D eigenvalue weighted by Gasteiger charge is -2.25. The van der Waals surface area contributed by atoms with Gasteiger partial charge in [-0.2, -0.15) is 0 Å². The SMILES string of the molecule is NS(=O)(=O)c1ccccc1-c1ccc(NC(=O)C(CC(=O)Nc2ccc(Br)cn2)NC(=O)C2CCNCC2)cc1. The lowest BCUT2D eigenvalue weighted by molar-refractivity contribution is -0.131. The molecule has 11 nitrogen and oxygen atoms in total. The second kappa shape index (κ2) is 13.1. The molecule has 3 aromatic rings. The number of sulfonamides is 1. The van der Waals surface area contributed by atoms with Gasteiger partial charge in [0.25, 0.3) is 0 Å². The Morgan fingerprint density at radius 3 is 2.35 bits per heavy atom. The smallest absolute Gasteiger partial charge is 0.247 e. The summed E-state index contributed by atoms with van der Waals surface area (Å²) in [5.74, 6) is -1.29. The summed E-state index contributed by atoms with van der Waals surface area (Å²) < 4.78 is 24.7. The Labute approximate surface area is 240 Å². The van der Waals surface area contributed by atoms with Gasteiger partial charge >= 0.3 is 0 Å². The number of carbonyl (C=O) groups is 3. The second-order valence-corrected chi connectivity index (χ2v) is 11.8. The fourth-order valence-electron chi connectivity index (χ4n) is 4.33. The van der Waals surface area contributed by atoms with Gasteiger partial charge in [0.05, 0.1) is 11.3 Å². The molecule has 1 aliphatic rings. The van der Waals surface area contributed by atoms with Crippen molar-refractivity contribution in [1.82, 2.24) is 15.6 Å². The van der Waals surface area contributed by atoms with E-state index in [2.05, 4.69) is 42.2 Å². The maximum absolute atomic E-state index is 13.3. The van der Waals surface area contributed by atoms with Crippen molar-refractivity contribution in [3.05, 3.63) is 71.3 Å². The van der Waals surface area contributed by atoms with Crippen LogP contribution in [0.25, 0.3) is 11.1 Å². The number of anilines is 2. The standard InChI is InChI=1S/C27H29BrN6O5S/c28-19-7-10-24(31-16-19)34-25(35)15-22(33-26(36)18-11-13-30-14-12-18)27(37)32-20-8-5-17(6-9-20)21-3-1-2-4-23(21)40(29,38)39/h1-10,16,18,22,30H,11-15H2,(H,32,37)(H,33,36)(H2,29,38,39)(H,31,34,35). The van der Waals surface area contributed by atoms with Crippen molar-refractivity contribution in [2.24, 2.45) is 11.1 Å². The first-order chi connectivity index (χ1) is 19.1. The van der Waals surface area contributed by atoms with Crippen molar-refractivity contribution >= 4 is 55.2 Å². The summed E-state index contributed by atoms with van der Waals surface area (Å²) in [4.78, 5) is 43.1. The van der Waals surface area contributed by atoms with Crippen molar-refractivity contribution in [2.75, 3.05) is 23.7 Å². The van der Waals surface area contributed by atoms with Crippen LogP contribution in [0, 0.1) is 5.92 Å². The van der Waals surface area contributed by atoms with E-state index in [1.54, 1.807) is 54.6 Å². The maximum Gasteiger partial charge on any atom is 0.247 e. The molecule has 13 heteroatoms. The molecule has 0 saturated carbocycles. The predicted octanol–water partition coefficient (Wildman–Crippen LogP) is 2.61. The number of nitrogens with zero attached hydrogens (tertiary/aromatic N) is 1. The molecule has 1 atom stereocenters. The number of carbonyl (C=O) groups excluding carboxylic acids is 3. The molecule has 2 aromatic carbocycles. The molecule has 0 aliphatic carbocycles. The summed E-state index contributed by atoms with van der Waals surface area (Å²) in [7, 11) is -3.94. The number of hydrogen-bond acceptors (Lipinski definition) is 7. The summed E-state index contributed by atoms with van der Waals surface area (Å²) in [6.07, 6.45) is 2.50. The molecule has 2 heterocycles. The van der Waals surface area contributed by atoms with Gasteiger partial charge in [-0.25, -0.2) is 18.5 Å². The summed E-state index contributed by atoms with van der Waals surface area (Å²) in [5.41, 5.74) is 1.41. The van der Waals surface area contributed by atoms with Crippen LogP contribution in [0.2, 0.25) is 0 Å². The number of benzene rings is 2. The van der Waals surface area contributed by atoms with Crippen LogP contribution in [0.4, 0.5) is 11.5 Å². The van der Waals surface area contributed by atoms with E-state index in [9.17, 15) is 22.8 Å². The highest BCUT2D eigenvalue weighted by Crippen LogP contribution is 2.27. The minimum Gasteiger partial charge on any atom is -0.344 e. The predicted molar refractivity (Wildman–Crippen MR) is 155 cm³/mol. The van der Waals surface area contributed by atoms with Crippen LogP contribution in [-0.4, -0.2) is 50.3 Å². The Kier molecular flexibility index (Phi) is 9.63. The zero-order valence-corrected chi connectivity index (χ0v) is 23.8. The molecule has 40 heavy (non-hydrogen) atoms. The minimum atomic E-state index is -3.94. The fraction of sp³-hybridized carbons (Fsp3) is 0.259. The average molecular weight is 630 g/mol. The number of primary sulfonamides is 1. The van der Waals surface area contributed by atoms with Crippen LogP contribution < -0.4 is 26.4 Å². The lowest BCUT2D eigenvalue weighted by Crippen LogP contribution is -2.49. The van der Waals surface area contributed by atoms with Crippen molar-refractivity contribution in [2.45, 2.75) is 30.2 Å².